The van der Waals surface area contributed by atoms with Gasteiger partial charge in [-0.3, -0.25) is 4.79 Å². The molecular weight excluding hydrogens is 220 g/mol. The topological polar surface area (TPSA) is 77.4 Å². The summed E-state index contributed by atoms with van der Waals surface area (Å²) in [6.07, 6.45) is 1.29. The Morgan fingerprint density at radius 2 is 2.00 bits per heavy atom. The number of aromatic hydroxyl groups is 1. The van der Waals surface area contributed by atoms with Crippen LogP contribution in [0.25, 0.3) is 0 Å². The van der Waals surface area contributed by atoms with Gasteiger partial charge in [0, 0.05) is 12.4 Å². The van der Waals surface area contributed by atoms with E-state index in [-0.39, 0.29) is 29.9 Å². The highest BCUT2D eigenvalue weighted by atomic mass is 16.4. The normalized spacial score (nSPS) is 10.2. The molecule has 0 saturated heterocycles. The van der Waals surface area contributed by atoms with Crippen LogP contribution in [0.15, 0.2) is 18.2 Å². The zero-order chi connectivity index (χ0) is 12.8. The van der Waals surface area contributed by atoms with E-state index in [0.29, 0.717) is 0 Å². The quantitative estimate of drug-likeness (QED) is 0.748. The molecule has 4 nitrogen and oxygen atoms in total. The van der Waals surface area contributed by atoms with Crippen LogP contribution in [0.2, 0.25) is 0 Å². The number of ketones is 1. The van der Waals surface area contributed by atoms with Gasteiger partial charge >= 0.3 is 0 Å². The SMILES string of the molecule is CCCc1ccc(O)c(C(=O)CCC(=O)[O-])c1. The minimum atomic E-state index is -1.26. The molecule has 0 aromatic heterocycles. The van der Waals surface area contributed by atoms with Crippen molar-refractivity contribution in [2.75, 3.05) is 0 Å². The highest BCUT2D eigenvalue weighted by Crippen LogP contribution is 2.21. The van der Waals surface area contributed by atoms with Gasteiger partial charge in [0.25, 0.3) is 0 Å². The van der Waals surface area contributed by atoms with Crippen LogP contribution in [0.1, 0.15) is 42.1 Å². The summed E-state index contributed by atoms with van der Waals surface area (Å²) in [5, 5.41) is 19.8. The molecule has 0 spiro atoms. The second kappa shape index (κ2) is 6.03. The number of hydrogen-bond acceptors (Lipinski definition) is 4. The molecule has 0 aliphatic rings. The monoisotopic (exact) mass is 235 g/mol. The van der Waals surface area contributed by atoms with E-state index in [1.807, 2.05) is 6.92 Å². The van der Waals surface area contributed by atoms with Crippen molar-refractivity contribution < 1.29 is 19.8 Å². The van der Waals surface area contributed by atoms with Crippen LogP contribution in [0.4, 0.5) is 0 Å². The average molecular weight is 235 g/mol. The lowest BCUT2D eigenvalue weighted by Gasteiger charge is -2.07. The molecule has 0 heterocycles. The standard InChI is InChI=1S/C13H16O4/c1-2-3-9-4-5-11(14)10(8-9)12(15)6-7-13(16)17/h4-5,8,14H,2-3,6-7H2,1H3,(H,16,17)/p-1. The first-order valence-electron chi connectivity index (χ1n) is 5.59. The van der Waals surface area contributed by atoms with Crippen LogP contribution in [0.3, 0.4) is 0 Å². The van der Waals surface area contributed by atoms with Crippen molar-refractivity contribution in [1.29, 1.82) is 0 Å². The fraction of sp³-hybridized carbons (Fsp3) is 0.385. The molecule has 4 heteroatoms. The minimum Gasteiger partial charge on any atom is -0.550 e. The lowest BCUT2D eigenvalue weighted by atomic mass is 10.0. The maximum atomic E-state index is 11.7. The van der Waals surface area contributed by atoms with Crippen LogP contribution in [-0.2, 0) is 11.2 Å². The minimum absolute atomic E-state index is 0.104. The largest absolute Gasteiger partial charge is 0.550 e. The van der Waals surface area contributed by atoms with Gasteiger partial charge in [0.05, 0.1) is 5.56 Å². The number of aryl methyl sites for hydroxylation is 1. The van der Waals surface area contributed by atoms with Crippen molar-refractivity contribution in [3.63, 3.8) is 0 Å². The first-order chi connectivity index (χ1) is 8.04. The number of Topliss-reactive ketones (excluding diaryl/α,β-unsaturated/α-hetero) is 1. The highest BCUT2D eigenvalue weighted by molar-refractivity contribution is 5.99. The highest BCUT2D eigenvalue weighted by Gasteiger charge is 2.11. The Balaban J connectivity index is 2.83. The molecule has 0 amide bonds. The van der Waals surface area contributed by atoms with Crippen molar-refractivity contribution in [2.24, 2.45) is 0 Å². The summed E-state index contributed by atoms with van der Waals surface area (Å²) < 4.78 is 0. The molecule has 1 N–H and O–H groups in total. The number of carboxylic acid groups (broad SMARTS) is 1. The molecule has 0 atom stereocenters. The molecule has 0 bridgehead atoms. The molecule has 0 saturated carbocycles. The molecule has 0 fully saturated rings. The number of phenols is 1. The summed E-state index contributed by atoms with van der Waals surface area (Å²) in [5.41, 5.74) is 1.15. The summed E-state index contributed by atoms with van der Waals surface area (Å²) in [6, 6.07) is 4.85. The number of carboxylic acids is 1. The van der Waals surface area contributed by atoms with E-state index in [1.165, 1.54) is 6.07 Å². The van der Waals surface area contributed by atoms with Crippen molar-refractivity contribution in [3.8, 4) is 5.75 Å². The maximum Gasteiger partial charge on any atom is 0.166 e. The van der Waals surface area contributed by atoms with E-state index in [0.717, 1.165) is 18.4 Å². The number of aliphatic carboxylic acids is 1. The lowest BCUT2D eigenvalue weighted by Crippen LogP contribution is -2.22. The number of benzene rings is 1. The first kappa shape index (κ1) is 13.2. The van der Waals surface area contributed by atoms with Crippen molar-refractivity contribution in [3.05, 3.63) is 29.3 Å². The summed E-state index contributed by atoms with van der Waals surface area (Å²) >= 11 is 0. The maximum absolute atomic E-state index is 11.7. The smallest absolute Gasteiger partial charge is 0.166 e. The van der Waals surface area contributed by atoms with E-state index < -0.39 is 5.97 Å². The van der Waals surface area contributed by atoms with Crippen LogP contribution in [0.5, 0.6) is 5.75 Å². The van der Waals surface area contributed by atoms with Gasteiger partial charge in [-0.2, -0.15) is 0 Å². The van der Waals surface area contributed by atoms with Gasteiger partial charge in [0.2, 0.25) is 0 Å². The Hall–Kier alpha value is -1.84. The number of hydrogen-bond donors (Lipinski definition) is 1. The fourth-order valence-electron chi connectivity index (χ4n) is 1.60. The van der Waals surface area contributed by atoms with E-state index >= 15 is 0 Å². The molecule has 1 rings (SSSR count). The molecule has 0 aliphatic heterocycles. The van der Waals surface area contributed by atoms with Crippen LogP contribution >= 0.6 is 0 Å². The number of rotatable bonds is 6. The summed E-state index contributed by atoms with van der Waals surface area (Å²) in [7, 11) is 0. The van der Waals surface area contributed by atoms with E-state index in [9.17, 15) is 19.8 Å². The second-order valence-electron chi connectivity index (χ2n) is 3.90. The predicted octanol–water partition coefficient (Wildman–Crippen LogP) is 1.06. The van der Waals surface area contributed by atoms with Gasteiger partial charge in [0.1, 0.15) is 5.75 Å². The van der Waals surface area contributed by atoms with Gasteiger partial charge in [-0.15, -0.1) is 0 Å². The molecule has 0 radical (unpaired) electrons. The van der Waals surface area contributed by atoms with Crippen molar-refractivity contribution >= 4 is 11.8 Å². The van der Waals surface area contributed by atoms with E-state index in [1.54, 1.807) is 12.1 Å². The van der Waals surface area contributed by atoms with E-state index in [2.05, 4.69) is 0 Å². The molecule has 0 unspecified atom stereocenters. The van der Waals surface area contributed by atoms with Crippen LogP contribution < -0.4 is 5.11 Å². The Labute approximate surface area is 99.9 Å². The number of phenolic OH excluding ortho intramolecular Hbond substituents is 1. The third-order valence-corrected chi connectivity index (χ3v) is 2.46. The molecule has 0 aliphatic carbocycles. The fourth-order valence-corrected chi connectivity index (χ4v) is 1.60. The lowest BCUT2D eigenvalue weighted by molar-refractivity contribution is -0.305. The zero-order valence-corrected chi connectivity index (χ0v) is 9.73. The molecule has 1 aromatic carbocycles. The Morgan fingerprint density at radius 3 is 2.59 bits per heavy atom. The summed E-state index contributed by atoms with van der Waals surface area (Å²) in [4.78, 5) is 21.9. The van der Waals surface area contributed by atoms with Gasteiger partial charge in [-0.1, -0.05) is 19.4 Å². The van der Waals surface area contributed by atoms with Gasteiger partial charge < -0.3 is 15.0 Å². The second-order valence-corrected chi connectivity index (χ2v) is 3.90. The predicted molar refractivity (Wildman–Crippen MR) is 60.7 cm³/mol. The number of carbonyl (C=O) groups excluding carboxylic acids is 2. The molecule has 1 aromatic rings. The van der Waals surface area contributed by atoms with Crippen LogP contribution in [0, 0.1) is 0 Å². The Bertz CT molecular complexity index is 423. The summed E-state index contributed by atoms with van der Waals surface area (Å²) in [6.45, 7) is 2.02. The van der Waals surface area contributed by atoms with Gasteiger partial charge in [0.15, 0.2) is 5.78 Å². The first-order valence-corrected chi connectivity index (χ1v) is 5.59. The molecular formula is C13H15O4-. The van der Waals surface area contributed by atoms with E-state index in [4.69, 9.17) is 0 Å². The zero-order valence-electron chi connectivity index (χ0n) is 9.73. The van der Waals surface area contributed by atoms with Gasteiger partial charge in [-0.05, 0) is 30.5 Å². The Kier molecular flexibility index (Phi) is 4.69. The average Bonchev–Trinajstić information content (AvgIpc) is 2.29. The van der Waals surface area contributed by atoms with Gasteiger partial charge in [-0.25, -0.2) is 0 Å². The summed E-state index contributed by atoms with van der Waals surface area (Å²) in [5.74, 6) is -1.74. The Morgan fingerprint density at radius 1 is 1.29 bits per heavy atom. The molecule has 92 valence electrons. The van der Waals surface area contributed by atoms with Crippen molar-refractivity contribution in [1.82, 2.24) is 0 Å². The van der Waals surface area contributed by atoms with Crippen LogP contribution in [-0.4, -0.2) is 16.9 Å². The molecule has 17 heavy (non-hydrogen) atoms. The third-order valence-electron chi connectivity index (χ3n) is 2.46. The number of carbonyl (C=O) groups is 2. The van der Waals surface area contributed by atoms with Crippen molar-refractivity contribution in [2.45, 2.75) is 32.6 Å². The third kappa shape index (κ3) is 3.90.